The van der Waals surface area contributed by atoms with Crippen LogP contribution in [0.1, 0.15) is 60.3 Å². The molecular weight excluding hydrogens is 280 g/mol. The van der Waals surface area contributed by atoms with Crippen LogP contribution in [0.4, 0.5) is 4.79 Å². The average Bonchev–Trinajstić information content (AvgIpc) is 2.42. The number of ether oxygens (including phenoxy) is 2. The second-order valence-electron chi connectivity index (χ2n) is 7.11. The fourth-order valence-electron chi connectivity index (χ4n) is 2.82. The van der Waals surface area contributed by atoms with Gasteiger partial charge >= 0.3 is 6.09 Å². The fourth-order valence-corrected chi connectivity index (χ4v) is 2.82. The van der Waals surface area contributed by atoms with Gasteiger partial charge in [0.15, 0.2) is 0 Å². The van der Waals surface area contributed by atoms with Crippen LogP contribution < -0.4 is 5.32 Å². The quantitative estimate of drug-likeness (QED) is 0.733. The first-order valence-corrected chi connectivity index (χ1v) is 8.64. The predicted molar refractivity (Wildman–Crippen MR) is 89.2 cm³/mol. The largest absolute Gasteiger partial charge is 0.444 e. The van der Waals surface area contributed by atoms with E-state index in [-0.39, 0.29) is 12.1 Å². The summed E-state index contributed by atoms with van der Waals surface area (Å²) in [4.78, 5) is 14.3. The summed E-state index contributed by atoms with van der Waals surface area (Å²) in [7, 11) is 0. The summed E-state index contributed by atoms with van der Waals surface area (Å²) in [6.07, 6.45) is 4.12. The maximum absolute atomic E-state index is 12.4. The number of carbonyl (C=O) groups is 1. The van der Waals surface area contributed by atoms with E-state index in [4.69, 9.17) is 9.47 Å². The molecule has 1 aliphatic heterocycles. The van der Waals surface area contributed by atoms with Crippen LogP contribution in [0.15, 0.2) is 0 Å². The smallest absolute Gasteiger partial charge is 0.410 e. The van der Waals surface area contributed by atoms with Crippen molar-refractivity contribution in [3.63, 3.8) is 0 Å². The maximum Gasteiger partial charge on any atom is 0.410 e. The molecule has 1 heterocycles. The van der Waals surface area contributed by atoms with Gasteiger partial charge in [-0.05, 0) is 60.3 Å². The van der Waals surface area contributed by atoms with E-state index >= 15 is 0 Å². The summed E-state index contributed by atoms with van der Waals surface area (Å²) in [5.41, 5.74) is -0.430. The van der Waals surface area contributed by atoms with Crippen molar-refractivity contribution >= 4 is 6.09 Å². The van der Waals surface area contributed by atoms with Crippen molar-refractivity contribution < 1.29 is 14.3 Å². The third kappa shape index (κ3) is 7.45. The van der Waals surface area contributed by atoms with Gasteiger partial charge in [-0.1, -0.05) is 0 Å². The highest BCUT2D eigenvalue weighted by molar-refractivity contribution is 5.68. The van der Waals surface area contributed by atoms with Crippen molar-refractivity contribution in [3.8, 4) is 0 Å². The van der Waals surface area contributed by atoms with Gasteiger partial charge in [0.25, 0.3) is 0 Å². The minimum Gasteiger partial charge on any atom is -0.444 e. The number of hydrogen-bond donors (Lipinski definition) is 1. The number of nitrogens with zero attached hydrogens (tertiary/aromatic N) is 1. The van der Waals surface area contributed by atoms with Crippen LogP contribution in [0.5, 0.6) is 0 Å². The molecule has 5 nitrogen and oxygen atoms in total. The van der Waals surface area contributed by atoms with Gasteiger partial charge in [0.2, 0.25) is 0 Å². The van der Waals surface area contributed by atoms with Crippen LogP contribution in [0.25, 0.3) is 0 Å². The van der Waals surface area contributed by atoms with E-state index in [1.165, 1.54) is 6.42 Å². The van der Waals surface area contributed by atoms with Crippen LogP contribution in [0.3, 0.4) is 0 Å². The molecule has 1 rings (SSSR count). The Morgan fingerprint density at radius 2 is 2.09 bits per heavy atom. The van der Waals surface area contributed by atoms with E-state index in [9.17, 15) is 4.79 Å². The number of nitrogens with one attached hydrogen (secondary N) is 1. The Labute approximate surface area is 135 Å². The Bertz CT molecular complexity index is 328. The second-order valence-corrected chi connectivity index (χ2v) is 7.11. The summed E-state index contributed by atoms with van der Waals surface area (Å²) in [6, 6.07) is 0.645. The molecule has 0 aromatic rings. The zero-order chi connectivity index (χ0) is 16.6. The molecule has 1 amide bonds. The standard InChI is InChI=1S/C17H34N2O3/c1-6-21-12-10-18-14(2)13-15-9-7-8-11-19(15)16(20)22-17(3,4)5/h14-15,18H,6-13H2,1-5H3. The van der Waals surface area contributed by atoms with E-state index in [1.54, 1.807) is 0 Å². The van der Waals surface area contributed by atoms with Crippen LogP contribution in [0.2, 0.25) is 0 Å². The number of rotatable bonds is 7. The topological polar surface area (TPSA) is 50.8 Å². The van der Waals surface area contributed by atoms with Gasteiger partial charge in [0.1, 0.15) is 5.60 Å². The number of likely N-dealkylation sites (tertiary alicyclic amines) is 1. The van der Waals surface area contributed by atoms with Crippen LogP contribution in [-0.4, -0.2) is 55.0 Å². The van der Waals surface area contributed by atoms with Crippen molar-refractivity contribution in [1.82, 2.24) is 10.2 Å². The molecule has 0 saturated carbocycles. The first-order chi connectivity index (χ1) is 10.3. The fraction of sp³-hybridized carbons (Fsp3) is 0.941. The van der Waals surface area contributed by atoms with Crippen molar-refractivity contribution in [2.75, 3.05) is 26.3 Å². The number of amides is 1. The minimum absolute atomic E-state index is 0.168. The molecule has 0 aromatic heterocycles. The van der Waals surface area contributed by atoms with Crippen LogP contribution in [-0.2, 0) is 9.47 Å². The Hall–Kier alpha value is -0.810. The summed E-state index contributed by atoms with van der Waals surface area (Å²) < 4.78 is 10.9. The molecule has 22 heavy (non-hydrogen) atoms. The van der Waals surface area contributed by atoms with E-state index < -0.39 is 5.60 Å². The molecule has 1 aliphatic rings. The third-order valence-electron chi connectivity index (χ3n) is 3.82. The van der Waals surface area contributed by atoms with Gasteiger partial charge in [-0.15, -0.1) is 0 Å². The Kier molecular flexibility index (Phi) is 8.18. The molecule has 2 unspecified atom stereocenters. The molecule has 0 aliphatic carbocycles. The highest BCUT2D eigenvalue weighted by Crippen LogP contribution is 2.23. The predicted octanol–water partition coefficient (Wildman–Crippen LogP) is 3.18. The van der Waals surface area contributed by atoms with E-state index in [0.29, 0.717) is 6.04 Å². The minimum atomic E-state index is -0.430. The SMILES string of the molecule is CCOCCNC(C)CC1CCCCN1C(=O)OC(C)(C)C. The number of piperidine rings is 1. The molecular formula is C17H34N2O3. The Morgan fingerprint density at radius 1 is 1.36 bits per heavy atom. The van der Waals surface area contributed by atoms with Gasteiger partial charge in [-0.2, -0.15) is 0 Å². The van der Waals surface area contributed by atoms with Crippen molar-refractivity contribution in [1.29, 1.82) is 0 Å². The lowest BCUT2D eigenvalue weighted by atomic mass is 9.97. The molecule has 0 spiro atoms. The Balaban J connectivity index is 2.45. The van der Waals surface area contributed by atoms with Crippen molar-refractivity contribution in [3.05, 3.63) is 0 Å². The van der Waals surface area contributed by atoms with E-state index in [1.807, 2.05) is 32.6 Å². The zero-order valence-corrected chi connectivity index (χ0v) is 15.0. The lowest BCUT2D eigenvalue weighted by Gasteiger charge is -2.38. The Morgan fingerprint density at radius 3 is 2.73 bits per heavy atom. The summed E-state index contributed by atoms with van der Waals surface area (Å²) in [5.74, 6) is 0. The molecule has 1 saturated heterocycles. The lowest BCUT2D eigenvalue weighted by molar-refractivity contribution is 0.00780. The summed E-state index contributed by atoms with van der Waals surface area (Å²) in [5, 5.41) is 3.47. The van der Waals surface area contributed by atoms with E-state index in [0.717, 1.165) is 45.6 Å². The molecule has 0 radical (unpaired) electrons. The average molecular weight is 314 g/mol. The van der Waals surface area contributed by atoms with Gasteiger partial charge < -0.3 is 19.7 Å². The van der Waals surface area contributed by atoms with Crippen molar-refractivity contribution in [2.24, 2.45) is 0 Å². The highest BCUT2D eigenvalue weighted by Gasteiger charge is 2.31. The van der Waals surface area contributed by atoms with Crippen LogP contribution in [0, 0.1) is 0 Å². The molecule has 2 atom stereocenters. The second kappa shape index (κ2) is 9.36. The molecule has 130 valence electrons. The van der Waals surface area contributed by atoms with Gasteiger partial charge in [-0.25, -0.2) is 4.79 Å². The third-order valence-corrected chi connectivity index (χ3v) is 3.82. The van der Waals surface area contributed by atoms with Crippen molar-refractivity contribution in [2.45, 2.75) is 78.0 Å². The van der Waals surface area contributed by atoms with Crippen LogP contribution >= 0.6 is 0 Å². The van der Waals surface area contributed by atoms with Gasteiger partial charge in [-0.3, -0.25) is 0 Å². The molecule has 1 N–H and O–H groups in total. The van der Waals surface area contributed by atoms with Gasteiger partial charge in [0.05, 0.1) is 6.61 Å². The monoisotopic (exact) mass is 314 g/mol. The summed E-state index contributed by atoms with van der Waals surface area (Å²) >= 11 is 0. The highest BCUT2D eigenvalue weighted by atomic mass is 16.6. The maximum atomic E-state index is 12.4. The molecule has 0 bridgehead atoms. The first kappa shape index (κ1) is 19.2. The zero-order valence-electron chi connectivity index (χ0n) is 15.0. The molecule has 5 heteroatoms. The normalized spacial score (nSPS) is 20.8. The number of hydrogen-bond acceptors (Lipinski definition) is 4. The lowest BCUT2D eigenvalue weighted by Crippen LogP contribution is -2.48. The number of carbonyl (C=O) groups excluding carboxylic acids is 1. The summed E-state index contributed by atoms with van der Waals surface area (Å²) in [6.45, 7) is 13.1. The molecule has 1 fully saturated rings. The molecule has 0 aromatic carbocycles. The first-order valence-electron chi connectivity index (χ1n) is 8.64. The van der Waals surface area contributed by atoms with E-state index in [2.05, 4.69) is 12.2 Å². The van der Waals surface area contributed by atoms with Gasteiger partial charge in [0, 0.05) is 31.8 Å².